The normalized spacial score (nSPS) is 17.8. The van der Waals surface area contributed by atoms with Gasteiger partial charge in [0, 0.05) is 13.1 Å². The monoisotopic (exact) mass is 216 g/mol. The van der Waals surface area contributed by atoms with Crippen molar-refractivity contribution in [3.05, 3.63) is 0 Å². The number of nitrogens with one attached hydrogen (secondary N) is 1. The average molecular weight is 216 g/mol. The van der Waals surface area contributed by atoms with E-state index >= 15 is 0 Å². The van der Waals surface area contributed by atoms with Gasteiger partial charge in [0.25, 0.3) is 0 Å². The van der Waals surface area contributed by atoms with Crippen LogP contribution in [-0.2, 0) is 0 Å². The Morgan fingerprint density at radius 2 is 1.60 bits per heavy atom. The number of rotatable bonds is 4. The van der Waals surface area contributed by atoms with Crippen molar-refractivity contribution in [1.82, 2.24) is 10.2 Å². The fourth-order valence-electron chi connectivity index (χ4n) is 1.84. The van der Waals surface area contributed by atoms with Crippen LogP contribution in [0, 0.1) is 5.41 Å². The van der Waals surface area contributed by atoms with Gasteiger partial charge in [-0.2, -0.15) is 0 Å². The number of hydrogen-bond acceptors (Lipinski definition) is 2. The first-order chi connectivity index (χ1) is 7.20. The van der Waals surface area contributed by atoms with E-state index in [1.54, 1.807) is 0 Å². The Balaban J connectivity index is 0. The maximum atomic E-state index is 3.21. The van der Waals surface area contributed by atoms with Gasteiger partial charge in [-0.15, -0.1) is 0 Å². The maximum absolute atomic E-state index is 3.21. The van der Waals surface area contributed by atoms with Crippen molar-refractivity contribution in [1.29, 1.82) is 0 Å². The summed E-state index contributed by atoms with van der Waals surface area (Å²) in [6.07, 6.45) is 1.32. The Bertz CT molecular complexity index is 112. The molecule has 0 spiro atoms. The van der Waals surface area contributed by atoms with Crippen molar-refractivity contribution in [2.75, 3.05) is 33.2 Å². The molecule has 1 aliphatic rings. The highest BCUT2D eigenvalue weighted by molar-refractivity contribution is 4.90. The molecular formula is C13H32N2. The molecule has 1 fully saturated rings. The summed E-state index contributed by atoms with van der Waals surface area (Å²) in [4.78, 5) is 2.50. The lowest BCUT2D eigenvalue weighted by molar-refractivity contribution is 0.0142. The Labute approximate surface area is 97.4 Å². The van der Waals surface area contributed by atoms with Gasteiger partial charge in [0.05, 0.1) is 0 Å². The second kappa shape index (κ2) is 10.4. The lowest BCUT2D eigenvalue weighted by Gasteiger charge is -2.48. The molecule has 1 aliphatic heterocycles. The molecule has 0 bridgehead atoms. The number of likely N-dealkylation sites (tertiary alicyclic amines) is 1. The molecule has 15 heavy (non-hydrogen) atoms. The third-order valence-corrected chi connectivity index (χ3v) is 2.64. The quantitative estimate of drug-likeness (QED) is 0.777. The minimum absolute atomic E-state index is 0.610. The van der Waals surface area contributed by atoms with Crippen molar-refractivity contribution in [3.63, 3.8) is 0 Å². The largest absolute Gasteiger partial charge is 0.320 e. The van der Waals surface area contributed by atoms with Crippen LogP contribution in [0.3, 0.4) is 0 Å². The van der Waals surface area contributed by atoms with Crippen LogP contribution in [0.5, 0.6) is 0 Å². The molecule has 2 nitrogen and oxygen atoms in total. The van der Waals surface area contributed by atoms with E-state index in [0.29, 0.717) is 5.41 Å². The van der Waals surface area contributed by atoms with Crippen LogP contribution in [0.25, 0.3) is 0 Å². The fourth-order valence-corrected chi connectivity index (χ4v) is 1.84. The Hall–Kier alpha value is -0.0800. The van der Waals surface area contributed by atoms with Gasteiger partial charge in [-0.25, -0.2) is 0 Å². The van der Waals surface area contributed by atoms with Gasteiger partial charge in [0.15, 0.2) is 0 Å². The van der Waals surface area contributed by atoms with Crippen LogP contribution in [0.4, 0.5) is 0 Å². The van der Waals surface area contributed by atoms with E-state index in [4.69, 9.17) is 0 Å². The van der Waals surface area contributed by atoms with E-state index in [0.717, 1.165) is 6.54 Å². The molecule has 0 amide bonds. The highest BCUT2D eigenvalue weighted by atomic mass is 15.2. The SMILES string of the molecule is CC.CC.CCN1CC(C)(CCNC)C1. The fraction of sp³-hybridized carbons (Fsp3) is 1.00. The lowest BCUT2D eigenvalue weighted by atomic mass is 9.79. The summed E-state index contributed by atoms with van der Waals surface area (Å²) in [7, 11) is 2.03. The molecule has 0 saturated carbocycles. The standard InChI is InChI=1S/C9H20N2.2C2H6/c1-4-11-7-9(2,8-11)5-6-10-3;2*1-2/h10H,4-8H2,1-3H3;2*1-2H3. The summed E-state index contributed by atoms with van der Waals surface area (Å²) < 4.78 is 0. The topological polar surface area (TPSA) is 15.3 Å². The van der Waals surface area contributed by atoms with E-state index < -0.39 is 0 Å². The third kappa shape index (κ3) is 6.91. The van der Waals surface area contributed by atoms with E-state index in [1.807, 2.05) is 34.7 Å². The Morgan fingerprint density at radius 1 is 1.13 bits per heavy atom. The summed E-state index contributed by atoms with van der Waals surface area (Å²) >= 11 is 0. The summed E-state index contributed by atoms with van der Waals surface area (Å²) in [5.41, 5.74) is 0.610. The highest BCUT2D eigenvalue weighted by Gasteiger charge is 2.36. The first-order valence-corrected chi connectivity index (χ1v) is 6.57. The molecule has 0 radical (unpaired) electrons. The summed E-state index contributed by atoms with van der Waals surface area (Å²) in [6.45, 7) is 17.6. The zero-order valence-electron chi connectivity index (χ0n) is 12.0. The molecule has 0 aromatic carbocycles. The first-order valence-electron chi connectivity index (χ1n) is 6.57. The van der Waals surface area contributed by atoms with E-state index in [-0.39, 0.29) is 0 Å². The van der Waals surface area contributed by atoms with Gasteiger partial charge >= 0.3 is 0 Å². The summed E-state index contributed by atoms with van der Waals surface area (Å²) in [5.74, 6) is 0. The molecule has 1 heterocycles. The van der Waals surface area contributed by atoms with Crippen molar-refractivity contribution < 1.29 is 0 Å². The molecular weight excluding hydrogens is 184 g/mol. The second-order valence-corrected chi connectivity index (χ2v) is 3.97. The second-order valence-electron chi connectivity index (χ2n) is 3.97. The Kier molecular flexibility index (Phi) is 12.1. The van der Waals surface area contributed by atoms with Crippen LogP contribution in [0.2, 0.25) is 0 Å². The van der Waals surface area contributed by atoms with Crippen LogP contribution >= 0.6 is 0 Å². The van der Waals surface area contributed by atoms with Gasteiger partial charge in [-0.05, 0) is 32.0 Å². The highest BCUT2D eigenvalue weighted by Crippen LogP contribution is 2.32. The molecule has 1 N–H and O–H groups in total. The van der Waals surface area contributed by atoms with Crippen molar-refractivity contribution in [3.8, 4) is 0 Å². The van der Waals surface area contributed by atoms with Gasteiger partial charge in [-0.3, -0.25) is 0 Å². The molecule has 0 aliphatic carbocycles. The van der Waals surface area contributed by atoms with Gasteiger partial charge < -0.3 is 10.2 Å². The van der Waals surface area contributed by atoms with Gasteiger partial charge in [-0.1, -0.05) is 41.5 Å². The number of nitrogens with zero attached hydrogens (tertiary/aromatic N) is 1. The van der Waals surface area contributed by atoms with E-state index in [1.165, 1.54) is 26.1 Å². The molecule has 0 aromatic heterocycles. The van der Waals surface area contributed by atoms with Crippen molar-refractivity contribution in [2.45, 2.75) is 48.0 Å². The first kappa shape index (κ1) is 17.3. The van der Waals surface area contributed by atoms with Crippen LogP contribution < -0.4 is 5.32 Å². The zero-order chi connectivity index (χ0) is 12.3. The van der Waals surface area contributed by atoms with E-state index in [2.05, 4.69) is 24.1 Å². The molecule has 0 aromatic rings. The minimum atomic E-state index is 0.610. The van der Waals surface area contributed by atoms with Crippen LogP contribution in [0.15, 0.2) is 0 Å². The zero-order valence-corrected chi connectivity index (χ0v) is 12.0. The third-order valence-electron chi connectivity index (χ3n) is 2.64. The molecule has 2 heteroatoms. The molecule has 1 rings (SSSR count). The average Bonchev–Trinajstić information content (AvgIpc) is 2.28. The Morgan fingerprint density at radius 3 is 1.93 bits per heavy atom. The van der Waals surface area contributed by atoms with E-state index in [9.17, 15) is 0 Å². The predicted octanol–water partition coefficient (Wildman–Crippen LogP) is 2.99. The minimum Gasteiger partial charge on any atom is -0.320 e. The molecule has 0 unspecified atom stereocenters. The van der Waals surface area contributed by atoms with Gasteiger partial charge in [0.1, 0.15) is 0 Å². The van der Waals surface area contributed by atoms with Crippen molar-refractivity contribution in [2.24, 2.45) is 5.41 Å². The summed E-state index contributed by atoms with van der Waals surface area (Å²) in [6, 6.07) is 0. The van der Waals surface area contributed by atoms with Crippen LogP contribution in [-0.4, -0.2) is 38.1 Å². The number of hydrogen-bond donors (Lipinski definition) is 1. The molecule has 94 valence electrons. The molecule has 1 saturated heterocycles. The predicted molar refractivity (Wildman–Crippen MR) is 71.5 cm³/mol. The smallest absolute Gasteiger partial charge is 0.00482 e. The summed E-state index contributed by atoms with van der Waals surface area (Å²) in [5, 5.41) is 3.21. The maximum Gasteiger partial charge on any atom is 0.00482 e. The molecule has 0 atom stereocenters. The lowest BCUT2D eigenvalue weighted by Crippen LogP contribution is -2.55. The van der Waals surface area contributed by atoms with Crippen LogP contribution in [0.1, 0.15) is 48.0 Å². The van der Waals surface area contributed by atoms with Gasteiger partial charge in [0.2, 0.25) is 0 Å². The van der Waals surface area contributed by atoms with Crippen molar-refractivity contribution >= 4 is 0 Å².